The molecule has 2 rings (SSSR count). The molecule has 0 unspecified atom stereocenters. The minimum Gasteiger partial charge on any atom is -0.326 e. The van der Waals surface area contributed by atoms with Crippen molar-refractivity contribution in [3.8, 4) is 0 Å². The van der Waals surface area contributed by atoms with Crippen molar-refractivity contribution >= 4 is 11.8 Å². The van der Waals surface area contributed by atoms with E-state index < -0.39 is 0 Å². The first kappa shape index (κ1) is 11.1. The summed E-state index contributed by atoms with van der Waals surface area (Å²) in [5.41, 5.74) is 7.78. The molecule has 0 saturated heterocycles. The van der Waals surface area contributed by atoms with Crippen LogP contribution in [0.5, 0.6) is 0 Å². The highest BCUT2D eigenvalue weighted by atomic mass is 32.2. The average molecular weight is 231 g/mol. The fraction of sp³-hybridized carbons (Fsp3) is 0.167. The molecule has 82 valence electrons. The Kier molecular flexibility index (Phi) is 3.54. The van der Waals surface area contributed by atoms with Crippen LogP contribution in [0.15, 0.2) is 46.7 Å². The lowest BCUT2D eigenvalue weighted by molar-refractivity contribution is 0.949. The van der Waals surface area contributed by atoms with E-state index >= 15 is 0 Å². The van der Waals surface area contributed by atoms with Crippen LogP contribution in [0.1, 0.15) is 11.1 Å². The summed E-state index contributed by atoms with van der Waals surface area (Å²) in [5, 5.41) is 0.764. The third-order valence-electron chi connectivity index (χ3n) is 2.10. The van der Waals surface area contributed by atoms with Gasteiger partial charge in [-0.3, -0.25) is 0 Å². The molecular weight excluding hydrogens is 218 g/mol. The molecule has 0 saturated carbocycles. The topological polar surface area (TPSA) is 51.8 Å². The van der Waals surface area contributed by atoms with Gasteiger partial charge in [0.25, 0.3) is 0 Å². The molecule has 0 atom stereocenters. The first-order chi connectivity index (χ1) is 7.78. The molecule has 2 N–H and O–H groups in total. The fourth-order valence-electron chi connectivity index (χ4n) is 1.27. The van der Waals surface area contributed by atoms with Crippen LogP contribution in [0.2, 0.25) is 0 Å². The van der Waals surface area contributed by atoms with E-state index in [2.05, 4.69) is 16.0 Å². The van der Waals surface area contributed by atoms with Crippen molar-refractivity contribution in [2.24, 2.45) is 5.73 Å². The second-order valence-corrected chi connectivity index (χ2v) is 4.54. The van der Waals surface area contributed by atoms with Gasteiger partial charge < -0.3 is 5.73 Å². The lowest BCUT2D eigenvalue weighted by Crippen LogP contribution is -1.95. The molecule has 0 radical (unpaired) electrons. The highest BCUT2D eigenvalue weighted by molar-refractivity contribution is 7.99. The lowest BCUT2D eigenvalue weighted by Gasteiger charge is -2.02. The molecule has 0 amide bonds. The Balaban J connectivity index is 2.16. The predicted molar refractivity (Wildman–Crippen MR) is 65.2 cm³/mol. The number of nitrogens with zero attached hydrogens (tertiary/aromatic N) is 2. The zero-order valence-electron chi connectivity index (χ0n) is 9.05. The Hall–Kier alpha value is -1.39. The summed E-state index contributed by atoms with van der Waals surface area (Å²) in [7, 11) is 0. The molecule has 1 aromatic carbocycles. The van der Waals surface area contributed by atoms with Crippen LogP contribution >= 0.6 is 11.8 Å². The van der Waals surface area contributed by atoms with Gasteiger partial charge in [-0.05, 0) is 41.9 Å². The van der Waals surface area contributed by atoms with Gasteiger partial charge in [0.05, 0.1) is 0 Å². The van der Waals surface area contributed by atoms with Crippen LogP contribution in [0.25, 0.3) is 0 Å². The molecule has 3 nitrogen and oxygen atoms in total. The summed E-state index contributed by atoms with van der Waals surface area (Å²) in [4.78, 5) is 9.62. The zero-order chi connectivity index (χ0) is 11.4. The molecular formula is C12H13N3S. The summed E-state index contributed by atoms with van der Waals surface area (Å²) in [6.07, 6.45) is 3.64. The quantitative estimate of drug-likeness (QED) is 0.824. The second kappa shape index (κ2) is 5.09. The second-order valence-electron chi connectivity index (χ2n) is 3.50. The summed E-state index contributed by atoms with van der Waals surface area (Å²) >= 11 is 1.55. The van der Waals surface area contributed by atoms with E-state index in [4.69, 9.17) is 5.73 Å². The maximum Gasteiger partial charge on any atom is 0.192 e. The van der Waals surface area contributed by atoms with Crippen LogP contribution in [-0.4, -0.2) is 9.97 Å². The largest absolute Gasteiger partial charge is 0.326 e. The Labute approximate surface area is 99.1 Å². The van der Waals surface area contributed by atoms with Crippen molar-refractivity contribution < 1.29 is 0 Å². The summed E-state index contributed by atoms with van der Waals surface area (Å²) < 4.78 is 0. The highest BCUT2D eigenvalue weighted by Gasteiger charge is 2.00. The number of nitrogens with two attached hydrogens (primary N) is 1. The van der Waals surface area contributed by atoms with Crippen molar-refractivity contribution in [1.29, 1.82) is 0 Å². The lowest BCUT2D eigenvalue weighted by atomic mass is 10.2. The van der Waals surface area contributed by atoms with Gasteiger partial charge in [0.2, 0.25) is 0 Å². The molecule has 0 aliphatic heterocycles. The van der Waals surface area contributed by atoms with E-state index in [0.717, 1.165) is 21.2 Å². The van der Waals surface area contributed by atoms with Gasteiger partial charge in [-0.1, -0.05) is 12.1 Å². The predicted octanol–water partition coefficient (Wildman–Crippen LogP) is 2.39. The van der Waals surface area contributed by atoms with Gasteiger partial charge in [0.1, 0.15) is 0 Å². The van der Waals surface area contributed by atoms with Crippen molar-refractivity contribution in [1.82, 2.24) is 9.97 Å². The standard InChI is InChI=1S/C12H13N3S/c1-9-7-14-12(15-8-9)16-11-4-2-3-10(5-11)6-13/h2-5,7-8H,6,13H2,1H3. The Morgan fingerprint density at radius 3 is 2.69 bits per heavy atom. The van der Waals surface area contributed by atoms with Crippen LogP contribution in [0, 0.1) is 6.92 Å². The third kappa shape index (κ3) is 2.81. The minimum atomic E-state index is 0.559. The molecule has 16 heavy (non-hydrogen) atoms. The average Bonchev–Trinajstić information content (AvgIpc) is 2.32. The molecule has 4 heteroatoms. The highest BCUT2D eigenvalue weighted by Crippen LogP contribution is 2.24. The summed E-state index contributed by atoms with van der Waals surface area (Å²) in [6, 6.07) is 8.11. The van der Waals surface area contributed by atoms with E-state index in [9.17, 15) is 0 Å². The number of rotatable bonds is 3. The van der Waals surface area contributed by atoms with E-state index in [-0.39, 0.29) is 0 Å². The van der Waals surface area contributed by atoms with Crippen molar-refractivity contribution in [2.45, 2.75) is 23.5 Å². The van der Waals surface area contributed by atoms with Crippen LogP contribution in [0.3, 0.4) is 0 Å². The first-order valence-electron chi connectivity index (χ1n) is 5.03. The summed E-state index contributed by atoms with van der Waals surface area (Å²) in [5.74, 6) is 0. The van der Waals surface area contributed by atoms with Gasteiger partial charge >= 0.3 is 0 Å². The molecule has 2 aromatic rings. The van der Waals surface area contributed by atoms with Crippen LogP contribution in [-0.2, 0) is 6.54 Å². The Bertz CT molecular complexity index is 468. The van der Waals surface area contributed by atoms with Crippen LogP contribution < -0.4 is 5.73 Å². The smallest absolute Gasteiger partial charge is 0.192 e. The van der Waals surface area contributed by atoms with Gasteiger partial charge in [0, 0.05) is 23.8 Å². The van der Waals surface area contributed by atoms with Crippen molar-refractivity contribution in [3.05, 3.63) is 47.8 Å². The van der Waals surface area contributed by atoms with Crippen molar-refractivity contribution in [2.75, 3.05) is 0 Å². The molecule has 0 spiro atoms. The van der Waals surface area contributed by atoms with Gasteiger partial charge in [-0.15, -0.1) is 0 Å². The summed E-state index contributed by atoms with van der Waals surface area (Å²) in [6.45, 7) is 2.53. The number of benzene rings is 1. The van der Waals surface area contributed by atoms with Gasteiger partial charge in [-0.2, -0.15) is 0 Å². The maximum atomic E-state index is 5.59. The SMILES string of the molecule is Cc1cnc(Sc2cccc(CN)c2)nc1. The first-order valence-corrected chi connectivity index (χ1v) is 5.85. The maximum absolute atomic E-state index is 5.59. The van der Waals surface area contributed by atoms with E-state index in [1.54, 1.807) is 11.8 Å². The number of aryl methyl sites for hydroxylation is 1. The molecule has 0 fully saturated rings. The van der Waals surface area contributed by atoms with E-state index in [1.807, 2.05) is 37.5 Å². The monoisotopic (exact) mass is 231 g/mol. The number of hydrogen-bond acceptors (Lipinski definition) is 4. The van der Waals surface area contributed by atoms with E-state index in [1.165, 1.54) is 0 Å². The van der Waals surface area contributed by atoms with Gasteiger partial charge in [-0.25, -0.2) is 9.97 Å². The zero-order valence-corrected chi connectivity index (χ0v) is 9.87. The van der Waals surface area contributed by atoms with E-state index in [0.29, 0.717) is 6.54 Å². The fourth-order valence-corrected chi connectivity index (χ4v) is 2.05. The normalized spacial score (nSPS) is 10.4. The van der Waals surface area contributed by atoms with Gasteiger partial charge in [0.15, 0.2) is 5.16 Å². The molecule has 0 aliphatic rings. The third-order valence-corrected chi connectivity index (χ3v) is 2.98. The Morgan fingerprint density at radius 2 is 2.00 bits per heavy atom. The van der Waals surface area contributed by atoms with Crippen LogP contribution in [0.4, 0.5) is 0 Å². The van der Waals surface area contributed by atoms with Crippen molar-refractivity contribution in [3.63, 3.8) is 0 Å². The molecule has 0 bridgehead atoms. The minimum absolute atomic E-state index is 0.559. The molecule has 0 aliphatic carbocycles. The molecule has 1 heterocycles. The number of hydrogen-bond donors (Lipinski definition) is 1. The Morgan fingerprint density at radius 1 is 1.25 bits per heavy atom. The number of aromatic nitrogens is 2. The molecule has 1 aromatic heterocycles.